The van der Waals surface area contributed by atoms with E-state index in [4.69, 9.17) is 5.73 Å². The Bertz CT molecular complexity index is 364. The number of thiophene rings is 1. The van der Waals surface area contributed by atoms with Crippen LogP contribution in [0.1, 0.15) is 17.3 Å². The van der Waals surface area contributed by atoms with Crippen molar-refractivity contribution in [1.82, 2.24) is 5.32 Å². The van der Waals surface area contributed by atoms with Crippen LogP contribution in [0.2, 0.25) is 0 Å². The molecule has 1 unspecified atom stereocenters. The number of primary amides is 1. The Labute approximate surface area is 99.0 Å². The SMILES string of the molecule is CC(NC(=O)c1csc(I)c1)C(N)=O. The lowest BCUT2D eigenvalue weighted by Crippen LogP contribution is -2.42. The van der Waals surface area contributed by atoms with Crippen LogP contribution in [-0.2, 0) is 4.79 Å². The second-order valence-electron chi connectivity index (χ2n) is 2.74. The summed E-state index contributed by atoms with van der Waals surface area (Å²) in [4.78, 5) is 22.1. The first-order valence-electron chi connectivity index (χ1n) is 3.85. The van der Waals surface area contributed by atoms with Crippen LogP contribution >= 0.6 is 33.9 Å². The molecule has 0 aromatic carbocycles. The number of halogens is 1. The van der Waals surface area contributed by atoms with E-state index in [1.165, 1.54) is 11.3 Å². The van der Waals surface area contributed by atoms with E-state index in [0.717, 1.165) is 2.88 Å². The van der Waals surface area contributed by atoms with Gasteiger partial charge >= 0.3 is 0 Å². The lowest BCUT2D eigenvalue weighted by atomic mass is 10.2. The van der Waals surface area contributed by atoms with Gasteiger partial charge in [0.05, 0.1) is 8.45 Å². The van der Waals surface area contributed by atoms with Gasteiger partial charge in [0, 0.05) is 5.38 Å². The fraction of sp³-hybridized carbons (Fsp3) is 0.250. The first-order valence-corrected chi connectivity index (χ1v) is 5.80. The molecule has 3 N–H and O–H groups in total. The van der Waals surface area contributed by atoms with Gasteiger partial charge in [0.25, 0.3) is 5.91 Å². The van der Waals surface area contributed by atoms with Crippen LogP contribution < -0.4 is 11.1 Å². The molecule has 0 aliphatic carbocycles. The predicted octanol–water partition coefficient (Wildman–Crippen LogP) is 0.956. The van der Waals surface area contributed by atoms with Crippen molar-refractivity contribution < 1.29 is 9.59 Å². The molecule has 0 spiro atoms. The van der Waals surface area contributed by atoms with Gasteiger partial charge in [0.2, 0.25) is 5.91 Å². The molecule has 1 aromatic rings. The van der Waals surface area contributed by atoms with Crippen LogP contribution in [0.5, 0.6) is 0 Å². The molecule has 0 radical (unpaired) electrons. The third-order valence-corrected chi connectivity index (χ3v) is 3.39. The van der Waals surface area contributed by atoms with E-state index in [2.05, 4.69) is 27.9 Å². The number of nitrogens with two attached hydrogens (primary N) is 1. The fourth-order valence-corrected chi connectivity index (χ4v) is 2.11. The van der Waals surface area contributed by atoms with Gasteiger partial charge in [-0.25, -0.2) is 0 Å². The number of carbonyl (C=O) groups excluding carboxylic acids is 2. The average Bonchev–Trinajstić information content (AvgIpc) is 2.51. The minimum Gasteiger partial charge on any atom is -0.368 e. The molecule has 76 valence electrons. The van der Waals surface area contributed by atoms with E-state index in [1.807, 2.05) is 0 Å². The highest BCUT2D eigenvalue weighted by Crippen LogP contribution is 2.16. The van der Waals surface area contributed by atoms with Crippen molar-refractivity contribution >= 4 is 45.7 Å². The highest BCUT2D eigenvalue weighted by molar-refractivity contribution is 14.1. The van der Waals surface area contributed by atoms with Crippen LogP contribution in [0.15, 0.2) is 11.4 Å². The van der Waals surface area contributed by atoms with E-state index in [-0.39, 0.29) is 5.91 Å². The summed E-state index contributed by atoms with van der Waals surface area (Å²) in [6.45, 7) is 1.55. The van der Waals surface area contributed by atoms with E-state index >= 15 is 0 Å². The summed E-state index contributed by atoms with van der Waals surface area (Å²) in [5.74, 6) is -0.807. The number of hydrogen-bond donors (Lipinski definition) is 2. The molecule has 0 aliphatic rings. The summed E-state index contributed by atoms with van der Waals surface area (Å²) >= 11 is 3.61. The highest BCUT2D eigenvalue weighted by Gasteiger charge is 2.14. The predicted molar refractivity (Wildman–Crippen MR) is 63.2 cm³/mol. The Morgan fingerprint density at radius 1 is 1.64 bits per heavy atom. The van der Waals surface area contributed by atoms with Crippen molar-refractivity contribution in [2.24, 2.45) is 5.73 Å². The monoisotopic (exact) mass is 324 g/mol. The number of carbonyl (C=O) groups is 2. The van der Waals surface area contributed by atoms with Crippen molar-refractivity contribution in [3.63, 3.8) is 0 Å². The zero-order chi connectivity index (χ0) is 10.7. The Morgan fingerprint density at radius 3 is 2.71 bits per heavy atom. The van der Waals surface area contributed by atoms with Crippen molar-refractivity contribution in [3.8, 4) is 0 Å². The molecule has 0 fully saturated rings. The normalized spacial score (nSPS) is 12.1. The van der Waals surface area contributed by atoms with Gasteiger partial charge in [-0.1, -0.05) is 0 Å². The molecule has 0 saturated heterocycles. The lowest BCUT2D eigenvalue weighted by molar-refractivity contribution is -0.119. The minimum absolute atomic E-state index is 0.268. The smallest absolute Gasteiger partial charge is 0.252 e. The van der Waals surface area contributed by atoms with E-state index in [1.54, 1.807) is 18.4 Å². The number of rotatable bonds is 3. The van der Waals surface area contributed by atoms with Crippen LogP contribution in [0.3, 0.4) is 0 Å². The van der Waals surface area contributed by atoms with Gasteiger partial charge < -0.3 is 11.1 Å². The standard InChI is InChI=1S/C8H9IN2O2S/c1-4(7(10)12)11-8(13)5-2-6(9)14-3-5/h2-4H,1H3,(H2,10,12)(H,11,13). The first kappa shape index (κ1) is 11.4. The van der Waals surface area contributed by atoms with Gasteiger partial charge in [0.1, 0.15) is 6.04 Å². The maximum atomic E-state index is 11.5. The van der Waals surface area contributed by atoms with Gasteiger partial charge in [-0.3, -0.25) is 9.59 Å². The average molecular weight is 324 g/mol. The number of amides is 2. The molecule has 14 heavy (non-hydrogen) atoms. The van der Waals surface area contributed by atoms with Crippen molar-refractivity contribution in [2.45, 2.75) is 13.0 Å². The third kappa shape index (κ3) is 2.95. The van der Waals surface area contributed by atoms with E-state index in [0.29, 0.717) is 5.56 Å². The first-order chi connectivity index (χ1) is 6.50. The quantitative estimate of drug-likeness (QED) is 0.813. The highest BCUT2D eigenvalue weighted by atomic mass is 127. The summed E-state index contributed by atoms with van der Waals surface area (Å²) in [5, 5.41) is 4.24. The molecule has 2 amide bonds. The second kappa shape index (κ2) is 4.74. The number of nitrogens with one attached hydrogen (secondary N) is 1. The maximum absolute atomic E-state index is 11.5. The van der Waals surface area contributed by atoms with Crippen LogP contribution in [0, 0.1) is 2.88 Å². The molecule has 0 saturated carbocycles. The largest absolute Gasteiger partial charge is 0.368 e. The molecule has 1 heterocycles. The zero-order valence-corrected chi connectivity index (χ0v) is 10.4. The van der Waals surface area contributed by atoms with E-state index in [9.17, 15) is 9.59 Å². The molecule has 1 aromatic heterocycles. The van der Waals surface area contributed by atoms with Crippen molar-refractivity contribution in [1.29, 1.82) is 0 Å². The Morgan fingerprint density at radius 2 is 2.29 bits per heavy atom. The Kier molecular flexibility index (Phi) is 3.87. The van der Waals surface area contributed by atoms with Crippen molar-refractivity contribution in [3.05, 3.63) is 19.9 Å². The summed E-state index contributed by atoms with van der Waals surface area (Å²) in [6, 6.07) is 1.12. The molecule has 1 rings (SSSR count). The van der Waals surface area contributed by atoms with E-state index < -0.39 is 11.9 Å². The minimum atomic E-state index is -0.639. The molecular weight excluding hydrogens is 315 g/mol. The number of hydrogen-bond acceptors (Lipinski definition) is 3. The second-order valence-corrected chi connectivity index (χ2v) is 5.54. The van der Waals surface area contributed by atoms with Gasteiger partial charge in [-0.2, -0.15) is 0 Å². The lowest BCUT2D eigenvalue weighted by Gasteiger charge is -2.08. The summed E-state index contributed by atoms with van der Waals surface area (Å²) in [7, 11) is 0. The fourth-order valence-electron chi connectivity index (χ4n) is 0.780. The topological polar surface area (TPSA) is 72.2 Å². The molecule has 4 nitrogen and oxygen atoms in total. The summed E-state index contributed by atoms with van der Waals surface area (Å²) in [5.41, 5.74) is 5.58. The van der Waals surface area contributed by atoms with Crippen LogP contribution in [0.4, 0.5) is 0 Å². The van der Waals surface area contributed by atoms with Crippen LogP contribution in [-0.4, -0.2) is 17.9 Å². The molecular formula is C8H9IN2O2S. The van der Waals surface area contributed by atoms with Crippen molar-refractivity contribution in [2.75, 3.05) is 0 Å². The third-order valence-electron chi connectivity index (χ3n) is 1.60. The summed E-state index contributed by atoms with van der Waals surface area (Å²) < 4.78 is 1.03. The molecule has 1 atom stereocenters. The Hall–Kier alpha value is -0.630. The molecule has 6 heteroatoms. The molecule has 0 bridgehead atoms. The van der Waals surface area contributed by atoms with Crippen LogP contribution in [0.25, 0.3) is 0 Å². The maximum Gasteiger partial charge on any atom is 0.252 e. The van der Waals surface area contributed by atoms with Gasteiger partial charge in [-0.15, -0.1) is 11.3 Å². The molecule has 0 aliphatic heterocycles. The Balaban J connectivity index is 2.63. The van der Waals surface area contributed by atoms with Gasteiger partial charge in [-0.05, 0) is 35.6 Å². The summed E-state index contributed by atoms with van der Waals surface area (Å²) in [6.07, 6.45) is 0. The van der Waals surface area contributed by atoms with Gasteiger partial charge in [0.15, 0.2) is 0 Å². The zero-order valence-electron chi connectivity index (χ0n) is 7.41.